The Morgan fingerprint density at radius 3 is 2.50 bits per heavy atom. The van der Waals surface area contributed by atoms with Crippen molar-refractivity contribution in [2.24, 2.45) is 0 Å². The Morgan fingerprint density at radius 1 is 1.09 bits per heavy atom. The second-order valence-corrected chi connectivity index (χ2v) is 7.14. The number of nitrogens with zero attached hydrogens (tertiary/aromatic N) is 1. The number of rotatable bonds is 8. The summed E-state index contributed by atoms with van der Waals surface area (Å²) in [5.41, 5.74) is 0.413. The fourth-order valence-corrected chi connectivity index (χ4v) is 3.05. The largest absolute Gasteiger partial charge is 0.507 e. The number of anilines is 2. The Hall–Kier alpha value is -3.56. The maximum atomic E-state index is 14.2. The van der Waals surface area contributed by atoms with Crippen molar-refractivity contribution in [3.8, 4) is 17.2 Å². The van der Waals surface area contributed by atoms with E-state index in [-0.39, 0.29) is 46.6 Å². The van der Waals surface area contributed by atoms with Crippen LogP contribution in [0.25, 0.3) is 0 Å². The molecule has 4 N–H and O–H groups in total. The number of phenolic OH excluding ortho intramolecular Hbond substituents is 1. The van der Waals surface area contributed by atoms with E-state index in [0.717, 1.165) is 0 Å². The number of pyridine rings is 1. The minimum atomic E-state index is -1.09. The molecule has 3 rings (SSSR count). The van der Waals surface area contributed by atoms with Crippen molar-refractivity contribution in [1.29, 1.82) is 0 Å². The number of ether oxygens (including phenoxy) is 1. The maximum Gasteiger partial charge on any atom is 0.305 e. The fraction of sp³-hybridized carbons (Fsp3) is 0.0952. The van der Waals surface area contributed by atoms with Crippen LogP contribution in [-0.2, 0) is 4.79 Å². The predicted octanol–water partition coefficient (Wildman–Crippen LogP) is 5.16. The topological polar surface area (TPSA) is 121 Å². The molecule has 0 radical (unpaired) electrons. The molecule has 1 amide bonds. The van der Waals surface area contributed by atoms with Crippen LogP contribution in [0.5, 0.6) is 17.2 Å². The first-order chi connectivity index (χ1) is 15.3. The van der Waals surface area contributed by atoms with Gasteiger partial charge >= 0.3 is 5.97 Å². The lowest BCUT2D eigenvalue weighted by atomic mass is 10.1. The third-order valence-corrected chi connectivity index (χ3v) is 4.77. The molecular weight excluding hydrogens is 464 g/mol. The number of carboxylic acid groups (broad SMARTS) is 1. The summed E-state index contributed by atoms with van der Waals surface area (Å²) in [5, 5.41) is 23.3. The normalized spacial score (nSPS) is 10.5. The first kappa shape index (κ1) is 23.1. The van der Waals surface area contributed by atoms with E-state index in [1.165, 1.54) is 18.2 Å². The highest BCUT2D eigenvalue weighted by Crippen LogP contribution is 2.41. The highest BCUT2D eigenvalue weighted by molar-refractivity contribution is 6.38. The van der Waals surface area contributed by atoms with Crippen LogP contribution >= 0.6 is 23.2 Å². The summed E-state index contributed by atoms with van der Waals surface area (Å²) >= 11 is 12.2. The van der Waals surface area contributed by atoms with E-state index in [1.807, 2.05) is 0 Å². The van der Waals surface area contributed by atoms with Gasteiger partial charge in [0, 0.05) is 12.2 Å². The van der Waals surface area contributed by atoms with Crippen LogP contribution in [0.2, 0.25) is 10.0 Å². The fourth-order valence-electron chi connectivity index (χ4n) is 2.59. The molecule has 11 heteroatoms. The van der Waals surface area contributed by atoms with E-state index < -0.39 is 22.8 Å². The summed E-state index contributed by atoms with van der Waals surface area (Å²) in [7, 11) is 0. The number of carbonyl (C=O) groups is 2. The van der Waals surface area contributed by atoms with Gasteiger partial charge in [-0.2, -0.15) is 9.37 Å². The Morgan fingerprint density at radius 2 is 1.81 bits per heavy atom. The first-order valence-corrected chi connectivity index (χ1v) is 9.89. The van der Waals surface area contributed by atoms with Gasteiger partial charge in [0.2, 0.25) is 5.95 Å². The molecule has 3 aromatic rings. The number of aromatic nitrogens is 1. The number of aliphatic carboxylic acids is 1. The summed E-state index contributed by atoms with van der Waals surface area (Å²) in [4.78, 5) is 26.8. The van der Waals surface area contributed by atoms with Gasteiger partial charge in [-0.05, 0) is 30.3 Å². The smallest absolute Gasteiger partial charge is 0.305 e. The van der Waals surface area contributed by atoms with Crippen molar-refractivity contribution in [3.63, 3.8) is 0 Å². The lowest BCUT2D eigenvalue weighted by Gasteiger charge is -2.15. The minimum absolute atomic E-state index is 0.0342. The molecule has 1 heterocycles. The Kier molecular flexibility index (Phi) is 7.34. The molecule has 0 aliphatic carbocycles. The van der Waals surface area contributed by atoms with Crippen LogP contribution in [0.4, 0.5) is 15.9 Å². The van der Waals surface area contributed by atoms with Gasteiger partial charge in [-0.3, -0.25) is 9.59 Å². The van der Waals surface area contributed by atoms with Crippen molar-refractivity contribution in [2.75, 3.05) is 17.2 Å². The standard InChI is InChI=1S/C21H16Cl2FN3O5/c22-16-18(17(23)20(27-19(16)24)25-9-8-15(29)30)32-12-6-7-14(28)13(10-12)21(31)26-11-4-2-1-3-5-11/h1-7,10,28H,8-9H2,(H,25,27)(H,26,31)(H,29,30). The molecule has 166 valence electrons. The van der Waals surface area contributed by atoms with E-state index >= 15 is 0 Å². The van der Waals surface area contributed by atoms with Crippen molar-refractivity contribution < 1.29 is 28.9 Å². The number of hydrogen-bond donors (Lipinski definition) is 4. The maximum absolute atomic E-state index is 14.2. The van der Waals surface area contributed by atoms with E-state index in [1.54, 1.807) is 30.3 Å². The van der Waals surface area contributed by atoms with Crippen molar-refractivity contribution in [2.45, 2.75) is 6.42 Å². The second kappa shape index (κ2) is 10.2. The van der Waals surface area contributed by atoms with E-state index in [2.05, 4.69) is 15.6 Å². The lowest BCUT2D eigenvalue weighted by Crippen LogP contribution is -2.12. The molecule has 0 unspecified atom stereocenters. The molecule has 8 nitrogen and oxygen atoms in total. The van der Waals surface area contributed by atoms with E-state index in [9.17, 15) is 19.1 Å². The van der Waals surface area contributed by atoms with Gasteiger partial charge in [0.25, 0.3) is 5.91 Å². The summed E-state index contributed by atoms with van der Waals surface area (Å²) in [5.74, 6) is -3.49. The van der Waals surface area contributed by atoms with Crippen LogP contribution in [0.3, 0.4) is 0 Å². The molecule has 0 aliphatic rings. The van der Waals surface area contributed by atoms with Crippen LogP contribution in [0, 0.1) is 5.95 Å². The quantitative estimate of drug-likeness (QED) is 0.329. The average Bonchev–Trinajstić information content (AvgIpc) is 2.76. The number of carboxylic acids is 1. The van der Waals surface area contributed by atoms with Gasteiger partial charge in [0.05, 0.1) is 12.0 Å². The van der Waals surface area contributed by atoms with Gasteiger partial charge in [0.1, 0.15) is 21.5 Å². The number of aromatic hydroxyl groups is 1. The molecule has 2 aromatic carbocycles. The monoisotopic (exact) mass is 479 g/mol. The zero-order chi connectivity index (χ0) is 23.3. The number of amides is 1. The molecule has 0 atom stereocenters. The molecule has 1 aromatic heterocycles. The van der Waals surface area contributed by atoms with Gasteiger partial charge < -0.3 is 25.6 Å². The highest BCUT2D eigenvalue weighted by atomic mass is 35.5. The molecule has 0 saturated heterocycles. The van der Waals surface area contributed by atoms with Crippen LogP contribution in [0.1, 0.15) is 16.8 Å². The third kappa shape index (κ3) is 5.57. The number of benzene rings is 2. The van der Waals surface area contributed by atoms with Crippen LogP contribution in [-0.4, -0.2) is 33.6 Å². The minimum Gasteiger partial charge on any atom is -0.507 e. The molecular formula is C21H16Cl2FN3O5. The summed E-state index contributed by atoms with van der Waals surface area (Å²) < 4.78 is 19.8. The number of halogens is 3. The lowest BCUT2D eigenvalue weighted by molar-refractivity contribution is -0.136. The SMILES string of the molecule is O=C(O)CCNc1nc(F)c(Cl)c(Oc2ccc(O)c(C(=O)Nc3ccccc3)c2)c1Cl. The van der Waals surface area contributed by atoms with Crippen molar-refractivity contribution in [3.05, 3.63) is 70.1 Å². The highest BCUT2D eigenvalue weighted by Gasteiger charge is 2.21. The zero-order valence-corrected chi connectivity index (χ0v) is 17.7. The Balaban J connectivity index is 1.87. The number of carbonyl (C=O) groups excluding carboxylic acids is 1. The Labute approximate surface area is 191 Å². The summed E-state index contributed by atoms with van der Waals surface area (Å²) in [6.45, 7) is -0.0639. The predicted molar refractivity (Wildman–Crippen MR) is 118 cm³/mol. The van der Waals surface area contributed by atoms with Gasteiger partial charge in [-0.1, -0.05) is 41.4 Å². The van der Waals surface area contributed by atoms with E-state index in [4.69, 9.17) is 33.0 Å². The van der Waals surface area contributed by atoms with Crippen LogP contribution < -0.4 is 15.4 Å². The molecule has 32 heavy (non-hydrogen) atoms. The van der Waals surface area contributed by atoms with E-state index in [0.29, 0.717) is 5.69 Å². The van der Waals surface area contributed by atoms with Crippen molar-refractivity contribution >= 4 is 46.6 Å². The third-order valence-electron chi connectivity index (χ3n) is 4.09. The van der Waals surface area contributed by atoms with Gasteiger partial charge in [-0.25, -0.2) is 0 Å². The number of para-hydroxylation sites is 1. The Bertz CT molecular complexity index is 1160. The zero-order valence-electron chi connectivity index (χ0n) is 16.2. The molecule has 0 bridgehead atoms. The number of nitrogens with one attached hydrogen (secondary N) is 2. The van der Waals surface area contributed by atoms with Gasteiger partial charge in [-0.15, -0.1) is 0 Å². The average molecular weight is 480 g/mol. The molecule has 0 spiro atoms. The summed E-state index contributed by atoms with van der Waals surface area (Å²) in [6, 6.07) is 12.4. The first-order valence-electron chi connectivity index (χ1n) is 9.13. The summed E-state index contributed by atoms with van der Waals surface area (Å²) in [6.07, 6.45) is -0.254. The molecule has 0 fully saturated rings. The van der Waals surface area contributed by atoms with Crippen LogP contribution in [0.15, 0.2) is 48.5 Å². The second-order valence-electron chi connectivity index (χ2n) is 6.38. The van der Waals surface area contributed by atoms with Crippen molar-refractivity contribution in [1.82, 2.24) is 4.98 Å². The molecule has 0 aliphatic heterocycles. The number of phenols is 1. The molecule has 0 saturated carbocycles. The van der Waals surface area contributed by atoms with Gasteiger partial charge in [0.15, 0.2) is 11.6 Å². The number of hydrogen-bond acceptors (Lipinski definition) is 6.